The molecule has 19 heavy (non-hydrogen) atoms. The molecule has 1 aromatic carbocycles. The van der Waals surface area contributed by atoms with Crippen LogP contribution in [0, 0.1) is 0 Å². The van der Waals surface area contributed by atoms with Crippen LogP contribution in [0.25, 0.3) is 0 Å². The lowest BCUT2D eigenvalue weighted by Crippen LogP contribution is -2.10. The van der Waals surface area contributed by atoms with E-state index in [0.29, 0.717) is 45.4 Å². The van der Waals surface area contributed by atoms with Gasteiger partial charge in [0.2, 0.25) is 0 Å². The van der Waals surface area contributed by atoms with E-state index >= 15 is 0 Å². The van der Waals surface area contributed by atoms with Crippen LogP contribution in [0.1, 0.15) is 13.8 Å². The third kappa shape index (κ3) is 6.80. The van der Waals surface area contributed by atoms with Gasteiger partial charge in [0.1, 0.15) is 13.2 Å². The van der Waals surface area contributed by atoms with E-state index in [1.54, 1.807) is 0 Å². The second-order valence-electron chi connectivity index (χ2n) is 3.68. The van der Waals surface area contributed by atoms with Crippen LogP contribution in [-0.4, -0.2) is 39.6 Å². The highest BCUT2D eigenvalue weighted by molar-refractivity contribution is 9.10. The van der Waals surface area contributed by atoms with Crippen LogP contribution in [0.3, 0.4) is 0 Å². The summed E-state index contributed by atoms with van der Waals surface area (Å²) in [6, 6.07) is 5.69. The van der Waals surface area contributed by atoms with Crippen LogP contribution in [0.5, 0.6) is 11.5 Å². The molecule has 0 saturated carbocycles. The fourth-order valence-corrected chi connectivity index (χ4v) is 1.76. The molecular formula is C14H21BrO4. The third-order valence-electron chi connectivity index (χ3n) is 2.28. The van der Waals surface area contributed by atoms with Gasteiger partial charge in [-0.3, -0.25) is 0 Å². The van der Waals surface area contributed by atoms with Gasteiger partial charge in [-0.05, 0) is 32.0 Å². The first-order valence-corrected chi connectivity index (χ1v) is 7.27. The highest BCUT2D eigenvalue weighted by Gasteiger charge is 2.06. The summed E-state index contributed by atoms with van der Waals surface area (Å²) in [5.74, 6) is 1.44. The largest absolute Gasteiger partial charge is 0.487 e. The van der Waals surface area contributed by atoms with E-state index in [2.05, 4.69) is 15.9 Å². The van der Waals surface area contributed by atoms with Gasteiger partial charge in [-0.25, -0.2) is 0 Å². The van der Waals surface area contributed by atoms with Crippen molar-refractivity contribution in [1.29, 1.82) is 0 Å². The van der Waals surface area contributed by atoms with E-state index in [4.69, 9.17) is 18.9 Å². The summed E-state index contributed by atoms with van der Waals surface area (Å²) < 4.78 is 22.7. The Morgan fingerprint density at radius 3 is 2.00 bits per heavy atom. The molecule has 0 bridgehead atoms. The van der Waals surface area contributed by atoms with Crippen molar-refractivity contribution in [2.24, 2.45) is 0 Å². The van der Waals surface area contributed by atoms with E-state index in [-0.39, 0.29) is 0 Å². The second kappa shape index (κ2) is 10.1. The van der Waals surface area contributed by atoms with Gasteiger partial charge in [-0.2, -0.15) is 0 Å². The molecule has 1 aromatic rings. The summed E-state index contributed by atoms with van der Waals surface area (Å²) in [6.07, 6.45) is 0. The highest BCUT2D eigenvalue weighted by Crippen LogP contribution is 2.30. The minimum Gasteiger partial charge on any atom is -0.487 e. The van der Waals surface area contributed by atoms with Crippen LogP contribution in [0.2, 0.25) is 0 Å². The Hall–Kier alpha value is -0.780. The zero-order chi connectivity index (χ0) is 13.9. The summed E-state index contributed by atoms with van der Waals surface area (Å²) in [6.45, 7) is 7.47. The molecule has 0 aliphatic heterocycles. The SMILES string of the molecule is CCOCCOc1ccc(Br)cc1OCCOCC. The van der Waals surface area contributed by atoms with Gasteiger partial charge in [0.25, 0.3) is 0 Å². The Kier molecular flexibility index (Phi) is 8.62. The molecule has 0 unspecified atom stereocenters. The lowest BCUT2D eigenvalue weighted by molar-refractivity contribution is 0.0999. The Morgan fingerprint density at radius 2 is 1.42 bits per heavy atom. The lowest BCUT2D eigenvalue weighted by atomic mass is 10.3. The molecule has 5 heteroatoms. The molecule has 0 aliphatic rings. The van der Waals surface area contributed by atoms with E-state index in [1.807, 2.05) is 32.0 Å². The molecule has 0 aliphatic carbocycles. The van der Waals surface area contributed by atoms with Crippen LogP contribution < -0.4 is 9.47 Å². The second-order valence-corrected chi connectivity index (χ2v) is 4.60. The molecule has 0 heterocycles. The predicted molar refractivity (Wildman–Crippen MR) is 78.1 cm³/mol. The van der Waals surface area contributed by atoms with Crippen molar-refractivity contribution in [1.82, 2.24) is 0 Å². The van der Waals surface area contributed by atoms with Crippen LogP contribution in [0.4, 0.5) is 0 Å². The molecule has 108 valence electrons. The van der Waals surface area contributed by atoms with Crippen molar-refractivity contribution in [3.05, 3.63) is 22.7 Å². The van der Waals surface area contributed by atoms with Gasteiger partial charge in [0, 0.05) is 17.7 Å². The van der Waals surface area contributed by atoms with Crippen LogP contribution >= 0.6 is 15.9 Å². The quantitative estimate of drug-likeness (QED) is 0.616. The summed E-state index contributed by atoms with van der Waals surface area (Å²) in [5.41, 5.74) is 0. The zero-order valence-electron chi connectivity index (χ0n) is 11.5. The summed E-state index contributed by atoms with van der Waals surface area (Å²) in [7, 11) is 0. The Balaban J connectivity index is 2.48. The molecule has 0 spiro atoms. The van der Waals surface area contributed by atoms with E-state index in [9.17, 15) is 0 Å². The van der Waals surface area contributed by atoms with Gasteiger partial charge in [-0.15, -0.1) is 0 Å². The third-order valence-corrected chi connectivity index (χ3v) is 2.78. The van der Waals surface area contributed by atoms with Gasteiger partial charge in [0.05, 0.1) is 13.2 Å². The minimum atomic E-state index is 0.506. The first-order valence-electron chi connectivity index (χ1n) is 6.48. The average molecular weight is 333 g/mol. The van der Waals surface area contributed by atoms with Gasteiger partial charge < -0.3 is 18.9 Å². The fourth-order valence-electron chi connectivity index (χ4n) is 1.42. The first kappa shape index (κ1) is 16.3. The van der Waals surface area contributed by atoms with Crippen LogP contribution in [-0.2, 0) is 9.47 Å². The van der Waals surface area contributed by atoms with Gasteiger partial charge in [-0.1, -0.05) is 15.9 Å². The normalized spacial score (nSPS) is 10.5. The fraction of sp³-hybridized carbons (Fsp3) is 0.571. The Bertz CT molecular complexity index is 357. The lowest BCUT2D eigenvalue weighted by Gasteiger charge is -2.13. The molecule has 0 aromatic heterocycles. The minimum absolute atomic E-state index is 0.506. The van der Waals surface area contributed by atoms with Gasteiger partial charge in [0.15, 0.2) is 11.5 Å². The van der Waals surface area contributed by atoms with E-state index in [1.165, 1.54) is 0 Å². The summed E-state index contributed by atoms with van der Waals surface area (Å²) in [5, 5.41) is 0. The number of hydrogen-bond acceptors (Lipinski definition) is 4. The maximum atomic E-state index is 5.66. The zero-order valence-corrected chi connectivity index (χ0v) is 13.1. The highest BCUT2D eigenvalue weighted by atomic mass is 79.9. The standard InChI is InChI=1S/C14H21BrO4/c1-3-16-7-9-18-13-6-5-12(15)11-14(13)19-10-8-17-4-2/h5-6,11H,3-4,7-10H2,1-2H3. The maximum Gasteiger partial charge on any atom is 0.162 e. The molecule has 0 saturated heterocycles. The van der Waals surface area contributed by atoms with Crippen molar-refractivity contribution in [2.45, 2.75) is 13.8 Å². The number of rotatable bonds is 10. The summed E-state index contributed by atoms with van der Waals surface area (Å²) >= 11 is 3.42. The molecule has 4 nitrogen and oxygen atoms in total. The van der Waals surface area contributed by atoms with Gasteiger partial charge >= 0.3 is 0 Å². The number of hydrogen-bond donors (Lipinski definition) is 0. The monoisotopic (exact) mass is 332 g/mol. The van der Waals surface area contributed by atoms with Crippen molar-refractivity contribution in [3.8, 4) is 11.5 Å². The predicted octanol–water partition coefficient (Wildman–Crippen LogP) is 3.28. The average Bonchev–Trinajstić information content (AvgIpc) is 2.41. The summed E-state index contributed by atoms with van der Waals surface area (Å²) in [4.78, 5) is 0. The topological polar surface area (TPSA) is 36.9 Å². The molecule has 0 radical (unpaired) electrons. The van der Waals surface area contributed by atoms with Crippen molar-refractivity contribution < 1.29 is 18.9 Å². The Morgan fingerprint density at radius 1 is 0.842 bits per heavy atom. The molecule has 0 atom stereocenters. The molecule has 0 fully saturated rings. The van der Waals surface area contributed by atoms with E-state index in [0.717, 1.165) is 10.2 Å². The molecule has 0 N–H and O–H groups in total. The molecule has 1 rings (SSSR count). The number of benzene rings is 1. The van der Waals surface area contributed by atoms with Crippen molar-refractivity contribution >= 4 is 15.9 Å². The maximum absolute atomic E-state index is 5.66. The number of halogens is 1. The first-order chi connectivity index (χ1) is 9.27. The molecule has 0 amide bonds. The van der Waals surface area contributed by atoms with Crippen molar-refractivity contribution in [2.75, 3.05) is 39.6 Å². The Labute approximate surface area is 123 Å². The smallest absolute Gasteiger partial charge is 0.162 e. The van der Waals surface area contributed by atoms with E-state index < -0.39 is 0 Å². The van der Waals surface area contributed by atoms with Crippen LogP contribution in [0.15, 0.2) is 22.7 Å². The molecular weight excluding hydrogens is 312 g/mol. The number of ether oxygens (including phenoxy) is 4. The van der Waals surface area contributed by atoms with Crippen molar-refractivity contribution in [3.63, 3.8) is 0 Å².